The molecule has 0 bridgehead atoms. The summed E-state index contributed by atoms with van der Waals surface area (Å²) < 4.78 is 10.6. The van der Waals surface area contributed by atoms with Crippen LogP contribution in [0.5, 0.6) is 5.75 Å². The molecule has 7 nitrogen and oxygen atoms in total. The molecule has 1 saturated heterocycles. The molecule has 0 saturated carbocycles. The number of aryl methyl sites for hydroxylation is 3. The van der Waals surface area contributed by atoms with Gasteiger partial charge in [0.1, 0.15) is 23.6 Å². The van der Waals surface area contributed by atoms with Crippen molar-refractivity contribution in [2.45, 2.75) is 45.7 Å². The second-order valence-electron chi connectivity index (χ2n) is 6.75. The van der Waals surface area contributed by atoms with E-state index in [1.807, 2.05) is 31.2 Å². The summed E-state index contributed by atoms with van der Waals surface area (Å²) in [5.41, 5.74) is 0.897. The average molecular weight is 357 g/mol. The Bertz CT molecular complexity index is 808. The van der Waals surface area contributed by atoms with Crippen molar-refractivity contribution >= 4 is 11.9 Å². The van der Waals surface area contributed by atoms with E-state index in [-0.39, 0.29) is 12.5 Å². The van der Waals surface area contributed by atoms with Gasteiger partial charge >= 0.3 is 6.03 Å². The van der Waals surface area contributed by atoms with Gasteiger partial charge in [-0.05, 0) is 51.3 Å². The van der Waals surface area contributed by atoms with Gasteiger partial charge in [0.15, 0.2) is 0 Å². The summed E-state index contributed by atoms with van der Waals surface area (Å²) in [4.78, 5) is 30.5. The zero-order valence-corrected chi connectivity index (χ0v) is 15.5. The smallest absolute Gasteiger partial charge is 0.325 e. The van der Waals surface area contributed by atoms with Crippen molar-refractivity contribution in [3.05, 3.63) is 47.2 Å². The summed E-state index contributed by atoms with van der Waals surface area (Å²) in [6, 6.07) is 7.26. The Hall–Kier alpha value is -2.83. The number of methoxy groups -OCH3 is 1. The molecule has 1 atom stereocenters. The minimum atomic E-state index is -0.937. The van der Waals surface area contributed by atoms with Crippen LogP contribution in [-0.4, -0.2) is 34.5 Å². The van der Waals surface area contributed by atoms with Gasteiger partial charge in [0.05, 0.1) is 12.8 Å². The van der Waals surface area contributed by atoms with Crippen molar-refractivity contribution in [1.82, 2.24) is 15.2 Å². The van der Waals surface area contributed by atoms with E-state index < -0.39 is 11.6 Å². The Morgan fingerprint density at radius 1 is 1.23 bits per heavy atom. The van der Waals surface area contributed by atoms with E-state index in [2.05, 4.69) is 10.3 Å². The number of hydrogen-bond acceptors (Lipinski definition) is 5. The molecule has 1 aliphatic rings. The highest BCUT2D eigenvalue weighted by Gasteiger charge is 2.47. The second kappa shape index (κ2) is 6.82. The normalized spacial score (nSPS) is 19.8. The van der Waals surface area contributed by atoms with Gasteiger partial charge in [-0.3, -0.25) is 9.69 Å². The van der Waals surface area contributed by atoms with Gasteiger partial charge in [0.2, 0.25) is 5.89 Å². The molecule has 0 aliphatic carbocycles. The molecule has 2 aromatic rings. The molecule has 26 heavy (non-hydrogen) atoms. The monoisotopic (exact) mass is 357 g/mol. The van der Waals surface area contributed by atoms with Crippen LogP contribution in [0.1, 0.15) is 36.3 Å². The van der Waals surface area contributed by atoms with Crippen LogP contribution in [-0.2, 0) is 17.8 Å². The van der Waals surface area contributed by atoms with Gasteiger partial charge in [0, 0.05) is 0 Å². The molecule has 1 aliphatic heterocycles. The van der Waals surface area contributed by atoms with E-state index >= 15 is 0 Å². The predicted octanol–water partition coefficient (Wildman–Crippen LogP) is 2.74. The lowest BCUT2D eigenvalue weighted by Gasteiger charge is -2.21. The minimum Gasteiger partial charge on any atom is -0.497 e. The highest BCUT2D eigenvalue weighted by molar-refractivity contribution is 6.06. The van der Waals surface area contributed by atoms with Crippen LogP contribution in [0.4, 0.5) is 4.79 Å². The van der Waals surface area contributed by atoms with Gasteiger partial charge in [-0.1, -0.05) is 12.1 Å². The number of aromatic nitrogens is 1. The van der Waals surface area contributed by atoms with Crippen LogP contribution in [0.25, 0.3) is 0 Å². The number of oxazole rings is 1. The molecule has 138 valence electrons. The van der Waals surface area contributed by atoms with Crippen molar-refractivity contribution in [3.8, 4) is 5.75 Å². The van der Waals surface area contributed by atoms with Crippen molar-refractivity contribution in [2.24, 2.45) is 0 Å². The minimum absolute atomic E-state index is 0.0392. The quantitative estimate of drug-likeness (QED) is 0.804. The number of rotatable bonds is 6. The highest BCUT2D eigenvalue weighted by atomic mass is 16.5. The fourth-order valence-corrected chi connectivity index (χ4v) is 2.99. The standard InChI is InChI=1S/C19H23N3O4/c1-12-13(2)26-16(20-12)11-22-17(23)19(3,21-18(22)24)10-9-14-5-7-15(25-4)8-6-14/h5-8H,9-11H2,1-4H3,(H,21,24)/t19-/m0/s1. The summed E-state index contributed by atoms with van der Waals surface area (Å²) in [6.45, 7) is 5.42. The number of ether oxygens (including phenoxy) is 1. The topological polar surface area (TPSA) is 84.7 Å². The molecule has 7 heteroatoms. The largest absolute Gasteiger partial charge is 0.497 e. The van der Waals surface area contributed by atoms with Gasteiger partial charge in [-0.2, -0.15) is 0 Å². The van der Waals surface area contributed by atoms with E-state index in [4.69, 9.17) is 9.15 Å². The molecule has 0 radical (unpaired) electrons. The number of nitrogens with one attached hydrogen (secondary N) is 1. The second-order valence-corrected chi connectivity index (χ2v) is 6.75. The molecule has 2 heterocycles. The number of imide groups is 1. The third-order valence-electron chi connectivity index (χ3n) is 4.78. The number of urea groups is 1. The van der Waals surface area contributed by atoms with Crippen molar-refractivity contribution in [1.29, 1.82) is 0 Å². The summed E-state index contributed by atoms with van der Waals surface area (Å²) in [5, 5.41) is 2.81. The summed E-state index contributed by atoms with van der Waals surface area (Å²) in [7, 11) is 1.62. The highest BCUT2D eigenvalue weighted by Crippen LogP contribution is 2.25. The molecule has 0 spiro atoms. The maximum atomic E-state index is 12.8. The Kier molecular flexibility index (Phi) is 4.71. The van der Waals surface area contributed by atoms with Crippen LogP contribution in [0.15, 0.2) is 28.7 Å². The molecular formula is C19H23N3O4. The number of hydrogen-bond donors (Lipinski definition) is 1. The van der Waals surface area contributed by atoms with Crippen molar-refractivity contribution in [3.63, 3.8) is 0 Å². The zero-order valence-electron chi connectivity index (χ0n) is 15.5. The van der Waals surface area contributed by atoms with Crippen LogP contribution < -0.4 is 10.1 Å². The first-order valence-corrected chi connectivity index (χ1v) is 8.52. The Morgan fingerprint density at radius 3 is 2.50 bits per heavy atom. The van der Waals surface area contributed by atoms with Crippen LogP contribution in [0, 0.1) is 13.8 Å². The fourth-order valence-electron chi connectivity index (χ4n) is 2.99. The predicted molar refractivity (Wildman–Crippen MR) is 94.8 cm³/mol. The Morgan fingerprint density at radius 2 is 1.92 bits per heavy atom. The van der Waals surface area contributed by atoms with Gasteiger partial charge in [-0.15, -0.1) is 0 Å². The Balaban J connectivity index is 1.67. The molecule has 3 rings (SSSR count). The van der Waals surface area contributed by atoms with E-state index in [1.54, 1.807) is 21.0 Å². The molecule has 3 amide bonds. The van der Waals surface area contributed by atoms with Crippen molar-refractivity contribution in [2.75, 3.05) is 7.11 Å². The number of amides is 3. The lowest BCUT2D eigenvalue weighted by Crippen LogP contribution is -2.44. The number of benzene rings is 1. The first-order chi connectivity index (χ1) is 12.3. The maximum Gasteiger partial charge on any atom is 0.325 e. The maximum absolute atomic E-state index is 12.8. The Labute approximate surface area is 152 Å². The van der Waals surface area contributed by atoms with Crippen LogP contribution >= 0.6 is 0 Å². The van der Waals surface area contributed by atoms with E-state index in [0.717, 1.165) is 17.0 Å². The van der Waals surface area contributed by atoms with Gasteiger partial charge < -0.3 is 14.5 Å². The average Bonchev–Trinajstić information content (AvgIpc) is 3.05. The van der Waals surface area contributed by atoms with E-state index in [1.165, 1.54) is 4.90 Å². The molecule has 1 N–H and O–H groups in total. The van der Waals surface area contributed by atoms with Crippen molar-refractivity contribution < 1.29 is 18.7 Å². The lowest BCUT2D eigenvalue weighted by molar-refractivity contribution is -0.131. The van der Waals surface area contributed by atoms with Gasteiger partial charge in [0.25, 0.3) is 5.91 Å². The lowest BCUT2D eigenvalue weighted by atomic mass is 9.93. The molecule has 1 aromatic heterocycles. The third-order valence-corrected chi connectivity index (χ3v) is 4.78. The molecule has 1 aromatic carbocycles. The SMILES string of the molecule is COc1ccc(CC[C@]2(C)NC(=O)N(Cc3nc(C)c(C)o3)C2=O)cc1. The fraction of sp³-hybridized carbons (Fsp3) is 0.421. The number of nitrogens with zero attached hydrogens (tertiary/aromatic N) is 2. The third kappa shape index (κ3) is 3.42. The molecule has 1 fully saturated rings. The number of carbonyl (C=O) groups is 2. The van der Waals surface area contributed by atoms with E-state index in [0.29, 0.717) is 24.5 Å². The summed E-state index contributed by atoms with van der Waals surface area (Å²) in [5.74, 6) is 1.58. The van der Waals surface area contributed by atoms with Gasteiger partial charge in [-0.25, -0.2) is 9.78 Å². The summed E-state index contributed by atoms with van der Waals surface area (Å²) >= 11 is 0. The van der Waals surface area contributed by atoms with E-state index in [9.17, 15) is 9.59 Å². The van der Waals surface area contributed by atoms with Crippen LogP contribution in [0.2, 0.25) is 0 Å². The first kappa shape index (κ1) is 18.0. The first-order valence-electron chi connectivity index (χ1n) is 8.52. The molecular weight excluding hydrogens is 334 g/mol. The van der Waals surface area contributed by atoms with Crippen LogP contribution in [0.3, 0.4) is 0 Å². The molecule has 0 unspecified atom stereocenters. The number of carbonyl (C=O) groups excluding carboxylic acids is 2. The summed E-state index contributed by atoms with van der Waals surface area (Å²) in [6.07, 6.45) is 1.17. The zero-order chi connectivity index (χ0) is 18.9.